The van der Waals surface area contributed by atoms with E-state index in [4.69, 9.17) is 9.47 Å². The maximum Gasteiger partial charge on any atom is 0.433 e. The van der Waals surface area contributed by atoms with Gasteiger partial charge < -0.3 is 9.47 Å². The number of pyridine rings is 1. The molecule has 2 rings (SSSR count). The Bertz CT molecular complexity index is 727. The highest BCUT2D eigenvalue weighted by Gasteiger charge is 2.32. The number of halogens is 3. The molecule has 0 spiro atoms. The lowest BCUT2D eigenvalue weighted by molar-refractivity contribution is -0.141. The van der Waals surface area contributed by atoms with Gasteiger partial charge in [0.05, 0.1) is 20.1 Å². The fourth-order valence-electron chi connectivity index (χ4n) is 2.44. The average Bonchev–Trinajstić information content (AvgIpc) is 2.54. The molecule has 4 nitrogen and oxygen atoms in total. The first-order chi connectivity index (χ1) is 11.3. The summed E-state index contributed by atoms with van der Waals surface area (Å²) in [7, 11) is 2.95. The summed E-state index contributed by atoms with van der Waals surface area (Å²) in [5, 5.41) is 0. The van der Waals surface area contributed by atoms with Crippen LogP contribution < -0.4 is 9.47 Å². The Hall–Kier alpha value is -2.57. The minimum absolute atomic E-state index is 0.219. The summed E-state index contributed by atoms with van der Waals surface area (Å²) < 4.78 is 48.2. The van der Waals surface area contributed by atoms with Gasteiger partial charge in [-0.05, 0) is 36.2 Å². The van der Waals surface area contributed by atoms with Crippen LogP contribution in [-0.4, -0.2) is 25.0 Å². The minimum atomic E-state index is -4.52. The summed E-state index contributed by atoms with van der Waals surface area (Å²) >= 11 is 0. The number of hydrogen-bond acceptors (Lipinski definition) is 4. The van der Waals surface area contributed by atoms with Gasteiger partial charge in [0.2, 0.25) is 0 Å². The first-order valence-electron chi connectivity index (χ1n) is 7.03. The summed E-state index contributed by atoms with van der Waals surface area (Å²) in [5.41, 5.74) is -0.0368. The molecule has 1 atom stereocenters. The maximum atomic E-state index is 12.6. The van der Waals surface area contributed by atoms with Crippen LogP contribution in [0.15, 0.2) is 36.5 Å². The van der Waals surface area contributed by atoms with Gasteiger partial charge in [-0.25, -0.2) is 0 Å². The zero-order valence-electron chi connectivity index (χ0n) is 13.3. The van der Waals surface area contributed by atoms with Crippen molar-refractivity contribution in [1.82, 2.24) is 4.98 Å². The van der Waals surface area contributed by atoms with Gasteiger partial charge in [0.15, 0.2) is 11.5 Å². The number of aromatic nitrogens is 1. The maximum absolute atomic E-state index is 12.6. The number of carbonyl (C=O) groups is 1. The molecular formula is C17H16F3NO3. The Labute approximate surface area is 137 Å². The number of alkyl halides is 3. The van der Waals surface area contributed by atoms with E-state index in [0.717, 1.165) is 12.3 Å². The molecule has 0 radical (unpaired) electrons. The molecule has 0 fully saturated rings. The molecule has 0 saturated heterocycles. The fourth-order valence-corrected chi connectivity index (χ4v) is 2.44. The lowest BCUT2D eigenvalue weighted by Crippen LogP contribution is -2.13. The zero-order chi connectivity index (χ0) is 17.9. The van der Waals surface area contributed by atoms with Crippen LogP contribution in [-0.2, 0) is 11.0 Å². The summed E-state index contributed by atoms with van der Waals surface area (Å²) in [4.78, 5) is 15.5. The van der Waals surface area contributed by atoms with Crippen LogP contribution in [0.25, 0.3) is 0 Å². The monoisotopic (exact) mass is 339 g/mol. The third-order valence-corrected chi connectivity index (χ3v) is 3.56. The molecule has 1 aromatic heterocycles. The van der Waals surface area contributed by atoms with E-state index < -0.39 is 17.8 Å². The molecule has 2 aromatic rings. The SMILES string of the molecule is COc1ccc(C(C(C)=O)c2ccc(C(F)(F)F)nc2)cc1OC. The largest absolute Gasteiger partial charge is 0.493 e. The van der Waals surface area contributed by atoms with Gasteiger partial charge in [-0.15, -0.1) is 0 Å². The van der Waals surface area contributed by atoms with E-state index in [-0.39, 0.29) is 5.78 Å². The number of Topliss-reactive ketones (excluding diaryl/α,β-unsaturated/α-hetero) is 1. The van der Waals surface area contributed by atoms with Crippen molar-refractivity contribution >= 4 is 5.78 Å². The van der Waals surface area contributed by atoms with E-state index in [1.807, 2.05) is 0 Å². The van der Waals surface area contributed by atoms with Crippen molar-refractivity contribution < 1.29 is 27.4 Å². The van der Waals surface area contributed by atoms with E-state index in [1.165, 1.54) is 27.2 Å². The highest BCUT2D eigenvalue weighted by molar-refractivity contribution is 5.87. The van der Waals surface area contributed by atoms with Crippen LogP contribution in [0.4, 0.5) is 13.2 Å². The molecule has 0 aliphatic rings. The van der Waals surface area contributed by atoms with Gasteiger partial charge >= 0.3 is 6.18 Å². The lowest BCUT2D eigenvalue weighted by atomic mass is 9.89. The van der Waals surface area contributed by atoms with Crippen molar-refractivity contribution in [3.8, 4) is 11.5 Å². The molecule has 1 unspecified atom stereocenters. The summed E-state index contributed by atoms with van der Waals surface area (Å²) in [6.45, 7) is 1.37. The van der Waals surface area contributed by atoms with E-state index in [2.05, 4.69) is 4.98 Å². The molecule has 7 heteroatoms. The second-order valence-corrected chi connectivity index (χ2v) is 5.13. The standard InChI is InChI=1S/C17H16F3NO3/c1-10(22)16(11-4-6-13(23-2)14(8-11)24-3)12-5-7-15(21-9-12)17(18,19)20/h4-9,16H,1-3H3. The summed E-state index contributed by atoms with van der Waals surface area (Å²) in [5.74, 6) is -0.0291. The van der Waals surface area contributed by atoms with Crippen LogP contribution >= 0.6 is 0 Å². The second kappa shape index (κ2) is 6.90. The Morgan fingerprint density at radius 3 is 2.12 bits per heavy atom. The summed E-state index contributed by atoms with van der Waals surface area (Å²) in [6.07, 6.45) is -3.45. The van der Waals surface area contributed by atoms with Crippen molar-refractivity contribution in [2.45, 2.75) is 19.0 Å². The van der Waals surface area contributed by atoms with Gasteiger partial charge in [-0.2, -0.15) is 13.2 Å². The Balaban J connectivity index is 2.45. The van der Waals surface area contributed by atoms with Crippen LogP contribution in [0.5, 0.6) is 11.5 Å². The first kappa shape index (κ1) is 17.8. The number of rotatable bonds is 5. The van der Waals surface area contributed by atoms with Crippen molar-refractivity contribution in [2.75, 3.05) is 14.2 Å². The predicted octanol–water partition coefficient (Wildman–Crippen LogP) is 3.84. The molecule has 1 aromatic carbocycles. The van der Waals surface area contributed by atoms with Crippen molar-refractivity contribution in [2.24, 2.45) is 0 Å². The third-order valence-electron chi connectivity index (χ3n) is 3.56. The Morgan fingerprint density at radius 1 is 1.04 bits per heavy atom. The topological polar surface area (TPSA) is 48.4 Å². The smallest absolute Gasteiger partial charge is 0.433 e. The lowest BCUT2D eigenvalue weighted by Gasteiger charge is -2.17. The molecule has 0 N–H and O–H groups in total. The van der Waals surface area contributed by atoms with Crippen LogP contribution in [0.1, 0.15) is 29.7 Å². The zero-order valence-corrected chi connectivity index (χ0v) is 13.3. The average molecular weight is 339 g/mol. The molecule has 1 heterocycles. The molecule has 0 saturated carbocycles. The Morgan fingerprint density at radius 2 is 1.67 bits per heavy atom. The number of ether oxygens (including phenoxy) is 2. The summed E-state index contributed by atoms with van der Waals surface area (Å²) in [6, 6.07) is 7.07. The number of nitrogens with zero attached hydrogens (tertiary/aromatic N) is 1. The fraction of sp³-hybridized carbons (Fsp3) is 0.294. The van der Waals surface area contributed by atoms with Crippen molar-refractivity contribution in [3.63, 3.8) is 0 Å². The molecule has 0 aliphatic carbocycles. The van der Waals surface area contributed by atoms with E-state index in [1.54, 1.807) is 18.2 Å². The predicted molar refractivity (Wildman–Crippen MR) is 81.3 cm³/mol. The second-order valence-electron chi connectivity index (χ2n) is 5.13. The quantitative estimate of drug-likeness (QED) is 0.830. The highest BCUT2D eigenvalue weighted by atomic mass is 19.4. The van der Waals surface area contributed by atoms with E-state index in [0.29, 0.717) is 22.6 Å². The van der Waals surface area contributed by atoms with E-state index >= 15 is 0 Å². The molecule has 0 bridgehead atoms. The van der Waals surface area contributed by atoms with Crippen molar-refractivity contribution in [1.29, 1.82) is 0 Å². The highest BCUT2D eigenvalue weighted by Crippen LogP contribution is 2.34. The molecule has 0 amide bonds. The van der Waals surface area contributed by atoms with Crippen LogP contribution in [0, 0.1) is 0 Å². The van der Waals surface area contributed by atoms with Gasteiger partial charge in [0, 0.05) is 6.20 Å². The van der Waals surface area contributed by atoms with Gasteiger partial charge in [-0.1, -0.05) is 12.1 Å². The number of methoxy groups -OCH3 is 2. The van der Waals surface area contributed by atoms with Crippen molar-refractivity contribution in [3.05, 3.63) is 53.3 Å². The van der Waals surface area contributed by atoms with Gasteiger partial charge in [-0.3, -0.25) is 9.78 Å². The van der Waals surface area contributed by atoms with Crippen LogP contribution in [0.3, 0.4) is 0 Å². The van der Waals surface area contributed by atoms with Gasteiger partial charge in [0.25, 0.3) is 0 Å². The molecule has 128 valence electrons. The van der Waals surface area contributed by atoms with E-state index in [9.17, 15) is 18.0 Å². The third kappa shape index (κ3) is 3.67. The normalized spacial score (nSPS) is 12.6. The number of carbonyl (C=O) groups excluding carboxylic acids is 1. The molecular weight excluding hydrogens is 323 g/mol. The number of hydrogen-bond donors (Lipinski definition) is 0. The number of benzene rings is 1. The van der Waals surface area contributed by atoms with Crippen LogP contribution in [0.2, 0.25) is 0 Å². The molecule has 0 aliphatic heterocycles. The van der Waals surface area contributed by atoms with Gasteiger partial charge in [0.1, 0.15) is 11.5 Å². The molecule has 24 heavy (non-hydrogen) atoms. The Kier molecular flexibility index (Phi) is 5.11. The number of ketones is 1. The minimum Gasteiger partial charge on any atom is -0.493 e. The first-order valence-corrected chi connectivity index (χ1v) is 7.03.